The zero-order chi connectivity index (χ0) is 21.4. The molecule has 1 aromatic heterocycles. The molecule has 0 saturated carbocycles. The minimum Gasteiger partial charge on any atom is -0.322 e. The first-order valence-electron chi connectivity index (χ1n) is 8.44. The van der Waals surface area contributed by atoms with Crippen LogP contribution in [-0.4, -0.2) is 25.1 Å². The number of amides is 1. The van der Waals surface area contributed by atoms with Crippen LogP contribution < -0.4 is 5.32 Å². The second kappa shape index (κ2) is 7.40. The first kappa shape index (κ1) is 20.7. The summed E-state index contributed by atoms with van der Waals surface area (Å²) in [5.74, 6) is -0.516. The van der Waals surface area contributed by atoms with E-state index in [-0.39, 0.29) is 16.1 Å². The smallest absolute Gasteiger partial charge is 0.322 e. The van der Waals surface area contributed by atoms with Gasteiger partial charge in [-0.2, -0.15) is 13.2 Å². The number of carbonyl (C=O) groups excluding carboxylic acids is 1. The Morgan fingerprint density at radius 1 is 1.00 bits per heavy atom. The van der Waals surface area contributed by atoms with E-state index in [0.717, 1.165) is 12.3 Å². The molecule has 2 aromatic carbocycles. The number of benzene rings is 2. The highest BCUT2D eigenvalue weighted by molar-refractivity contribution is 7.90. The molecule has 29 heavy (non-hydrogen) atoms. The van der Waals surface area contributed by atoms with Crippen molar-refractivity contribution in [1.29, 1.82) is 0 Å². The number of aromatic nitrogens is 1. The van der Waals surface area contributed by atoms with Crippen LogP contribution in [0, 0.1) is 6.92 Å². The highest BCUT2D eigenvalue weighted by atomic mass is 32.2. The average molecular weight is 422 g/mol. The fourth-order valence-electron chi connectivity index (χ4n) is 2.92. The van der Waals surface area contributed by atoms with E-state index in [9.17, 15) is 26.4 Å². The number of carbonyl (C=O) groups is 1. The van der Waals surface area contributed by atoms with E-state index in [4.69, 9.17) is 0 Å². The van der Waals surface area contributed by atoms with Gasteiger partial charge >= 0.3 is 6.18 Å². The van der Waals surface area contributed by atoms with Crippen molar-refractivity contribution in [3.8, 4) is 5.69 Å². The molecular weight excluding hydrogens is 405 g/mol. The number of halogens is 3. The third-order valence-electron chi connectivity index (χ3n) is 4.40. The number of hydrogen-bond acceptors (Lipinski definition) is 3. The molecule has 9 heteroatoms. The first-order valence-corrected chi connectivity index (χ1v) is 10.3. The molecule has 0 aliphatic heterocycles. The lowest BCUT2D eigenvalue weighted by atomic mass is 10.1. The van der Waals surface area contributed by atoms with E-state index in [2.05, 4.69) is 5.32 Å². The molecule has 0 radical (unpaired) electrons. The van der Waals surface area contributed by atoms with E-state index in [1.807, 2.05) is 0 Å². The number of rotatable bonds is 4. The average Bonchev–Trinajstić information content (AvgIpc) is 3.02. The summed E-state index contributed by atoms with van der Waals surface area (Å²) in [6.07, 6.45) is -2.05. The predicted octanol–water partition coefficient (Wildman–Crippen LogP) is 4.46. The number of nitrogens with zero attached hydrogens (tertiary/aromatic N) is 1. The first-order chi connectivity index (χ1) is 13.5. The third kappa shape index (κ3) is 4.34. The molecule has 1 heterocycles. The molecular formula is C20H17F3N2O3S. The molecule has 3 aromatic rings. The molecule has 1 amide bonds. The lowest BCUT2D eigenvalue weighted by Gasteiger charge is -2.15. The Labute approximate surface area is 165 Å². The topological polar surface area (TPSA) is 68.2 Å². The Balaban J connectivity index is 1.89. The van der Waals surface area contributed by atoms with Gasteiger partial charge in [0.1, 0.15) is 0 Å². The van der Waals surface area contributed by atoms with E-state index in [1.54, 1.807) is 6.92 Å². The van der Waals surface area contributed by atoms with Crippen LogP contribution in [-0.2, 0) is 16.0 Å². The van der Waals surface area contributed by atoms with Crippen LogP contribution in [0.15, 0.2) is 65.7 Å². The predicted molar refractivity (Wildman–Crippen MR) is 103 cm³/mol. The van der Waals surface area contributed by atoms with Crippen molar-refractivity contribution in [3.05, 3.63) is 77.6 Å². The van der Waals surface area contributed by atoms with Crippen molar-refractivity contribution >= 4 is 21.4 Å². The van der Waals surface area contributed by atoms with Gasteiger partial charge in [-0.25, -0.2) is 8.42 Å². The van der Waals surface area contributed by atoms with Crippen LogP contribution in [0.2, 0.25) is 0 Å². The minimum absolute atomic E-state index is 0.0749. The van der Waals surface area contributed by atoms with Gasteiger partial charge in [-0.1, -0.05) is 12.1 Å². The summed E-state index contributed by atoms with van der Waals surface area (Å²) in [6.45, 7) is 1.55. The zero-order valence-electron chi connectivity index (χ0n) is 15.5. The van der Waals surface area contributed by atoms with Gasteiger partial charge in [-0.05, 0) is 49.4 Å². The zero-order valence-corrected chi connectivity index (χ0v) is 16.3. The van der Waals surface area contributed by atoms with Gasteiger partial charge < -0.3 is 9.88 Å². The number of sulfone groups is 1. The van der Waals surface area contributed by atoms with Gasteiger partial charge in [0.05, 0.1) is 21.7 Å². The van der Waals surface area contributed by atoms with Gasteiger partial charge in [0.25, 0.3) is 5.91 Å². The van der Waals surface area contributed by atoms with E-state index in [0.29, 0.717) is 11.4 Å². The van der Waals surface area contributed by atoms with Gasteiger partial charge in [0, 0.05) is 23.8 Å². The molecule has 152 valence electrons. The lowest BCUT2D eigenvalue weighted by Crippen LogP contribution is -2.14. The van der Waals surface area contributed by atoms with Crippen LogP contribution in [0.25, 0.3) is 5.69 Å². The molecule has 3 rings (SSSR count). The van der Waals surface area contributed by atoms with Crippen molar-refractivity contribution < 1.29 is 26.4 Å². The maximum absolute atomic E-state index is 13.3. The molecule has 0 bridgehead atoms. The fourth-order valence-corrected chi connectivity index (χ4v) is 3.55. The largest absolute Gasteiger partial charge is 0.418 e. The number of anilines is 1. The van der Waals surface area contributed by atoms with Crippen molar-refractivity contribution in [2.75, 3.05) is 11.6 Å². The summed E-state index contributed by atoms with van der Waals surface area (Å²) >= 11 is 0. The van der Waals surface area contributed by atoms with Crippen molar-refractivity contribution in [2.24, 2.45) is 0 Å². The summed E-state index contributed by atoms with van der Waals surface area (Å²) in [4.78, 5) is 12.7. The molecule has 0 saturated heterocycles. The van der Waals surface area contributed by atoms with Crippen LogP contribution in [0.5, 0.6) is 0 Å². The molecule has 0 atom stereocenters. The van der Waals surface area contributed by atoms with E-state index < -0.39 is 27.5 Å². The molecule has 5 nitrogen and oxygen atoms in total. The maximum atomic E-state index is 13.3. The fraction of sp³-hybridized carbons (Fsp3) is 0.150. The van der Waals surface area contributed by atoms with Gasteiger partial charge in [-0.15, -0.1) is 0 Å². The number of nitrogens with one attached hydrogen (secondary N) is 1. The second-order valence-electron chi connectivity index (χ2n) is 6.45. The number of hydrogen-bond donors (Lipinski definition) is 1. The molecule has 0 fully saturated rings. The van der Waals surface area contributed by atoms with Crippen LogP contribution in [0.1, 0.15) is 21.6 Å². The molecule has 0 unspecified atom stereocenters. The van der Waals surface area contributed by atoms with Gasteiger partial charge in [-0.3, -0.25) is 4.79 Å². The van der Waals surface area contributed by atoms with Gasteiger partial charge in [0.2, 0.25) is 0 Å². The Hall–Kier alpha value is -3.07. The number of alkyl halides is 3. The SMILES string of the molecule is Cc1c(C(=O)Nc2ccc(S(C)(=O)=O)cc2)ccn1-c1ccccc1C(F)(F)F. The Morgan fingerprint density at radius 3 is 2.21 bits per heavy atom. The van der Waals surface area contributed by atoms with Crippen molar-refractivity contribution in [3.63, 3.8) is 0 Å². The minimum atomic E-state index is -4.53. The second-order valence-corrected chi connectivity index (χ2v) is 8.47. The van der Waals surface area contributed by atoms with Crippen LogP contribution >= 0.6 is 0 Å². The quantitative estimate of drug-likeness (QED) is 0.675. The molecule has 0 aliphatic carbocycles. The highest BCUT2D eigenvalue weighted by Gasteiger charge is 2.34. The summed E-state index contributed by atoms with van der Waals surface area (Å²) in [5.41, 5.74) is 0.0300. The highest BCUT2D eigenvalue weighted by Crippen LogP contribution is 2.34. The van der Waals surface area contributed by atoms with Crippen LogP contribution in [0.3, 0.4) is 0 Å². The molecule has 0 aliphatic rings. The lowest BCUT2D eigenvalue weighted by molar-refractivity contribution is -0.137. The maximum Gasteiger partial charge on any atom is 0.418 e. The number of para-hydroxylation sites is 1. The van der Waals surface area contributed by atoms with E-state index in [1.165, 1.54) is 59.3 Å². The summed E-state index contributed by atoms with van der Waals surface area (Å²) in [7, 11) is -3.36. The molecule has 0 spiro atoms. The van der Waals surface area contributed by atoms with Gasteiger partial charge in [0.15, 0.2) is 9.84 Å². The molecule has 1 N–H and O–H groups in total. The Bertz CT molecular complexity index is 1160. The monoisotopic (exact) mass is 422 g/mol. The normalized spacial score (nSPS) is 12.0. The Kier molecular flexibility index (Phi) is 5.27. The van der Waals surface area contributed by atoms with Crippen molar-refractivity contribution in [2.45, 2.75) is 18.0 Å². The van der Waals surface area contributed by atoms with E-state index >= 15 is 0 Å². The summed E-state index contributed by atoms with van der Waals surface area (Å²) in [5, 5.41) is 2.62. The Morgan fingerprint density at radius 2 is 1.62 bits per heavy atom. The third-order valence-corrected chi connectivity index (χ3v) is 5.52. The summed E-state index contributed by atoms with van der Waals surface area (Å²) in [6, 6.07) is 12.2. The van der Waals surface area contributed by atoms with Crippen LogP contribution in [0.4, 0.5) is 18.9 Å². The standard InChI is InChI=1S/C20H17F3N2O3S/c1-13-16(19(26)24-14-7-9-15(10-8-14)29(2,27)28)11-12-25(13)18-6-4-3-5-17(18)20(21,22)23/h3-12H,1-2H3,(H,24,26). The van der Waals surface area contributed by atoms with Crippen molar-refractivity contribution in [1.82, 2.24) is 4.57 Å². The summed E-state index contributed by atoms with van der Waals surface area (Å²) < 4.78 is 64.2.